The highest BCUT2D eigenvalue weighted by Crippen LogP contribution is 2.35. The van der Waals surface area contributed by atoms with Gasteiger partial charge in [0.2, 0.25) is 21.8 Å². The van der Waals surface area contributed by atoms with E-state index >= 15 is 4.39 Å². The number of aromatic nitrogens is 1. The summed E-state index contributed by atoms with van der Waals surface area (Å²) in [6.07, 6.45) is 3.60. The Bertz CT molecular complexity index is 1540. The predicted molar refractivity (Wildman–Crippen MR) is 165 cm³/mol. The molecule has 2 fully saturated rings. The Hall–Kier alpha value is -3.09. The quantitative estimate of drug-likeness (QED) is 0.292. The third-order valence-corrected chi connectivity index (χ3v) is 11.0. The third kappa shape index (κ3) is 7.02. The molecule has 1 aromatic heterocycles. The highest BCUT2D eigenvalue weighted by Gasteiger charge is 2.45. The molecule has 0 radical (unpaired) electrons. The molecule has 5 rings (SSSR count). The Morgan fingerprint density at radius 1 is 1.16 bits per heavy atom. The van der Waals surface area contributed by atoms with E-state index in [4.69, 9.17) is 22.1 Å². The smallest absolute Gasteiger partial charge is 0.242 e. The van der Waals surface area contributed by atoms with Gasteiger partial charge in [0.25, 0.3) is 0 Å². The summed E-state index contributed by atoms with van der Waals surface area (Å²) in [6, 6.07) is 13.5. The van der Waals surface area contributed by atoms with Gasteiger partial charge in [0, 0.05) is 59.6 Å². The van der Waals surface area contributed by atoms with Crippen molar-refractivity contribution in [1.82, 2.24) is 14.6 Å². The summed E-state index contributed by atoms with van der Waals surface area (Å²) in [5, 5.41) is 6.38. The lowest BCUT2D eigenvalue weighted by Crippen LogP contribution is -2.59. The summed E-state index contributed by atoms with van der Waals surface area (Å²) in [4.78, 5) is 17.9. The average Bonchev–Trinajstić information content (AvgIpc) is 3.85. The molecular weight excluding hydrogens is 593 g/mol. The molecule has 12 heteroatoms. The Kier molecular flexibility index (Phi) is 9.67. The number of sulfonamides is 1. The molecule has 2 aliphatic rings. The first-order chi connectivity index (χ1) is 20.6. The van der Waals surface area contributed by atoms with E-state index in [-0.39, 0.29) is 23.8 Å². The number of amides is 1. The number of hydrogen-bond acceptors (Lipinski definition) is 7. The molecule has 9 nitrogen and oxygen atoms in total. The van der Waals surface area contributed by atoms with Crippen molar-refractivity contribution in [3.05, 3.63) is 88.3 Å². The largest absolute Gasteiger partial charge is 0.481 e. The molecule has 1 saturated heterocycles. The van der Waals surface area contributed by atoms with Crippen LogP contribution in [0, 0.1) is 5.82 Å². The van der Waals surface area contributed by atoms with Gasteiger partial charge in [-0.2, -0.15) is 4.31 Å². The van der Waals surface area contributed by atoms with Gasteiger partial charge in [-0.1, -0.05) is 35.9 Å². The van der Waals surface area contributed by atoms with Gasteiger partial charge in [-0.3, -0.25) is 4.79 Å². The first kappa shape index (κ1) is 31.3. The Balaban J connectivity index is 1.37. The molecule has 1 saturated carbocycles. The Morgan fingerprint density at radius 3 is 2.53 bits per heavy atom. The lowest BCUT2D eigenvalue weighted by molar-refractivity contribution is -0.117. The minimum Gasteiger partial charge on any atom is -0.481 e. The number of halogens is 2. The number of carbonyl (C=O) groups excluding carboxylic acids is 1. The van der Waals surface area contributed by atoms with Crippen molar-refractivity contribution >= 4 is 33.2 Å². The standard InChI is InChI=1S/C31H37ClFN5O4S/c1-19-16-35-18-23(38(19)43(40,41)24-12-13-24)11-14-25-26(33)4-3-5-27(25)37-31(39)30(34)29(20-6-9-22(32)10-7-20)21-8-15-28(42-2)36-17-21/h3-10,15,17,19,23-24,29-30,35H,11-14,16,18,34H2,1-2H3,(H,37,39). The van der Waals surface area contributed by atoms with Crippen LogP contribution in [0.15, 0.2) is 60.8 Å². The fourth-order valence-electron chi connectivity index (χ4n) is 5.81. The van der Waals surface area contributed by atoms with Crippen LogP contribution in [0.4, 0.5) is 10.1 Å². The van der Waals surface area contributed by atoms with Crippen LogP contribution in [0.3, 0.4) is 0 Å². The molecule has 4 unspecified atom stereocenters. The zero-order valence-corrected chi connectivity index (χ0v) is 25.7. The van der Waals surface area contributed by atoms with E-state index in [1.807, 2.05) is 6.92 Å². The molecule has 0 bridgehead atoms. The molecule has 4 N–H and O–H groups in total. The molecule has 2 aromatic carbocycles. The van der Waals surface area contributed by atoms with Crippen LogP contribution in [0.2, 0.25) is 5.02 Å². The highest BCUT2D eigenvalue weighted by molar-refractivity contribution is 7.90. The lowest BCUT2D eigenvalue weighted by atomic mass is 9.85. The third-order valence-electron chi connectivity index (χ3n) is 8.18. The van der Waals surface area contributed by atoms with Gasteiger partial charge in [0.05, 0.1) is 18.4 Å². The van der Waals surface area contributed by atoms with E-state index in [1.54, 1.807) is 53.0 Å². The van der Waals surface area contributed by atoms with Crippen molar-refractivity contribution in [1.29, 1.82) is 0 Å². The SMILES string of the molecule is COc1ccc(C(c2ccc(Cl)cc2)C(N)C(=O)Nc2cccc(F)c2CCC2CNCC(C)N2S(=O)(=O)C2CC2)cn1. The van der Waals surface area contributed by atoms with Gasteiger partial charge in [-0.05, 0) is 68.0 Å². The molecule has 1 amide bonds. The molecule has 230 valence electrons. The van der Waals surface area contributed by atoms with Crippen LogP contribution in [0.25, 0.3) is 0 Å². The first-order valence-corrected chi connectivity index (χ1v) is 16.3. The summed E-state index contributed by atoms with van der Waals surface area (Å²) in [7, 11) is -1.90. The van der Waals surface area contributed by atoms with Gasteiger partial charge in [-0.25, -0.2) is 17.8 Å². The number of methoxy groups -OCH3 is 1. The maximum absolute atomic E-state index is 15.2. The van der Waals surface area contributed by atoms with Crippen LogP contribution in [-0.2, 0) is 21.2 Å². The Labute approximate surface area is 257 Å². The Morgan fingerprint density at radius 2 is 1.88 bits per heavy atom. The number of nitrogens with one attached hydrogen (secondary N) is 2. The van der Waals surface area contributed by atoms with E-state index in [0.717, 1.165) is 5.56 Å². The molecule has 3 aromatic rings. The predicted octanol–water partition coefficient (Wildman–Crippen LogP) is 4.07. The van der Waals surface area contributed by atoms with Crippen LogP contribution in [0.1, 0.15) is 48.8 Å². The molecule has 4 atom stereocenters. The number of hydrogen-bond donors (Lipinski definition) is 3. The zero-order chi connectivity index (χ0) is 30.7. The number of piperazine rings is 1. The number of ether oxygens (including phenoxy) is 1. The molecule has 1 aliphatic heterocycles. The first-order valence-electron chi connectivity index (χ1n) is 14.4. The van der Waals surface area contributed by atoms with Crippen molar-refractivity contribution in [3.63, 3.8) is 0 Å². The van der Waals surface area contributed by atoms with E-state index in [1.165, 1.54) is 19.2 Å². The lowest BCUT2D eigenvalue weighted by Gasteiger charge is -2.40. The number of nitrogens with zero attached hydrogens (tertiary/aromatic N) is 2. The van der Waals surface area contributed by atoms with E-state index in [9.17, 15) is 13.2 Å². The highest BCUT2D eigenvalue weighted by atomic mass is 35.5. The second-order valence-electron chi connectivity index (χ2n) is 11.2. The second-order valence-corrected chi connectivity index (χ2v) is 13.8. The summed E-state index contributed by atoms with van der Waals surface area (Å²) in [5.74, 6) is -1.14. The van der Waals surface area contributed by atoms with Crippen molar-refractivity contribution in [2.24, 2.45) is 5.73 Å². The van der Waals surface area contributed by atoms with Crippen molar-refractivity contribution in [3.8, 4) is 5.88 Å². The summed E-state index contributed by atoms with van der Waals surface area (Å²) >= 11 is 6.11. The summed E-state index contributed by atoms with van der Waals surface area (Å²) in [5.41, 5.74) is 8.66. The van der Waals surface area contributed by atoms with Crippen LogP contribution >= 0.6 is 11.6 Å². The van der Waals surface area contributed by atoms with Gasteiger partial charge in [0.15, 0.2) is 0 Å². The van der Waals surface area contributed by atoms with Crippen molar-refractivity contribution < 1.29 is 22.3 Å². The van der Waals surface area contributed by atoms with Crippen LogP contribution < -0.4 is 21.1 Å². The van der Waals surface area contributed by atoms with Crippen molar-refractivity contribution in [2.75, 3.05) is 25.5 Å². The van der Waals surface area contributed by atoms with Gasteiger partial charge in [0.1, 0.15) is 5.82 Å². The molecule has 2 heterocycles. The maximum Gasteiger partial charge on any atom is 0.242 e. The van der Waals surface area contributed by atoms with Crippen molar-refractivity contribution in [2.45, 2.75) is 61.9 Å². The van der Waals surface area contributed by atoms with Gasteiger partial charge < -0.3 is 21.1 Å². The minimum atomic E-state index is -3.42. The fourth-order valence-corrected chi connectivity index (χ4v) is 8.18. The number of carbonyl (C=O) groups is 1. The monoisotopic (exact) mass is 629 g/mol. The number of benzene rings is 2. The fraction of sp³-hybridized carbons (Fsp3) is 0.419. The molecular formula is C31H37ClFN5O4S. The van der Waals surface area contributed by atoms with Crippen LogP contribution in [0.5, 0.6) is 5.88 Å². The molecule has 0 spiro atoms. The number of anilines is 1. The van der Waals surface area contributed by atoms with E-state index < -0.39 is 33.7 Å². The van der Waals surface area contributed by atoms with E-state index in [0.29, 0.717) is 60.1 Å². The van der Waals surface area contributed by atoms with Crippen LogP contribution in [-0.4, -0.2) is 67.2 Å². The number of pyridine rings is 1. The summed E-state index contributed by atoms with van der Waals surface area (Å²) < 4.78 is 48.5. The zero-order valence-electron chi connectivity index (χ0n) is 24.2. The van der Waals surface area contributed by atoms with Gasteiger partial charge in [-0.15, -0.1) is 0 Å². The maximum atomic E-state index is 15.2. The van der Waals surface area contributed by atoms with Gasteiger partial charge >= 0.3 is 0 Å². The topological polar surface area (TPSA) is 127 Å². The molecule has 1 aliphatic carbocycles. The van der Waals surface area contributed by atoms with E-state index in [2.05, 4.69) is 15.6 Å². The number of nitrogens with two attached hydrogens (primary N) is 1. The second kappa shape index (κ2) is 13.3. The normalized spacial score (nSPS) is 20.8. The molecule has 43 heavy (non-hydrogen) atoms. The number of rotatable bonds is 11. The minimum absolute atomic E-state index is 0.195. The summed E-state index contributed by atoms with van der Waals surface area (Å²) in [6.45, 7) is 2.94. The average molecular weight is 630 g/mol.